The molecule has 0 fully saturated rings. The van der Waals surface area contributed by atoms with Gasteiger partial charge in [-0.25, -0.2) is 30.4 Å². The topological polar surface area (TPSA) is 60.6 Å². The summed E-state index contributed by atoms with van der Waals surface area (Å²) in [5.41, 5.74) is -0.617. The quantitative estimate of drug-likeness (QED) is 0.195. The maximum Gasteiger partial charge on any atom is 1.00 e. The van der Waals surface area contributed by atoms with Gasteiger partial charge in [0.2, 0.25) is 5.82 Å². The molecular weight excluding hydrogens is 378 g/mol. The van der Waals surface area contributed by atoms with Crippen molar-refractivity contribution in [1.82, 2.24) is 0 Å². The third kappa shape index (κ3) is 4.57. The van der Waals surface area contributed by atoms with Crippen molar-refractivity contribution in [1.29, 1.82) is 0 Å². The number of hydrogen-bond donors (Lipinski definition) is 0. The molecule has 0 aliphatic rings. The summed E-state index contributed by atoms with van der Waals surface area (Å²) < 4.78 is 89.3. The van der Waals surface area contributed by atoms with Gasteiger partial charge in [0.15, 0.2) is 23.3 Å². The van der Waals surface area contributed by atoms with E-state index in [0.29, 0.717) is 0 Å². The molecule has 0 aromatic heterocycles. The van der Waals surface area contributed by atoms with E-state index in [2.05, 4.69) is 9.93 Å². The molecule has 2 rings (SSSR count). The molecule has 128 valence electrons. The van der Waals surface area contributed by atoms with Crippen LogP contribution in [0.3, 0.4) is 0 Å². The summed E-state index contributed by atoms with van der Waals surface area (Å²) in [6.45, 7) is 1.72. The molecule has 25 heavy (non-hydrogen) atoms. The van der Waals surface area contributed by atoms with E-state index in [1.165, 1.54) is 24.3 Å². The first-order chi connectivity index (χ1) is 11.1. The van der Waals surface area contributed by atoms with Gasteiger partial charge in [-0.15, -0.1) is 0 Å². The van der Waals surface area contributed by atoms with E-state index in [0.717, 1.165) is 5.56 Å². The van der Waals surface area contributed by atoms with Gasteiger partial charge in [0.1, 0.15) is 10.0 Å². The minimum absolute atomic E-state index is 0. The molecule has 0 aliphatic heterocycles. The van der Waals surface area contributed by atoms with Crippen LogP contribution in [0.2, 0.25) is 0 Å². The second-order valence-electron chi connectivity index (χ2n) is 4.60. The maximum atomic E-state index is 13.4. The van der Waals surface area contributed by atoms with Crippen LogP contribution in [0.1, 0.15) is 11.1 Å². The average molecular weight is 386 g/mol. The van der Waals surface area contributed by atoms with Gasteiger partial charge in [0.05, 0.1) is 10.5 Å². The number of hydrogen-bond acceptors (Lipinski definition) is 3. The largest absolute Gasteiger partial charge is 1.00 e. The Labute approximate surface area is 162 Å². The van der Waals surface area contributed by atoms with Crippen LogP contribution in [0.5, 0.6) is 0 Å². The smallest absolute Gasteiger partial charge is 0.491 e. The van der Waals surface area contributed by atoms with Crippen LogP contribution >= 0.6 is 0 Å². The van der Waals surface area contributed by atoms with Crippen molar-refractivity contribution < 1.29 is 59.9 Å². The molecule has 11 heteroatoms. The first-order valence-electron chi connectivity index (χ1n) is 6.23. The number of benzene rings is 2. The Bertz CT molecular complexity index is 889. The molecule has 0 unspecified atom stereocenters. The van der Waals surface area contributed by atoms with Crippen molar-refractivity contribution in [2.75, 3.05) is 0 Å². The Balaban J connectivity index is 0.00000312. The number of nitrogens with zero attached hydrogens (tertiary/aromatic N) is 2. The van der Waals surface area contributed by atoms with Crippen LogP contribution in [-0.4, -0.2) is 14.6 Å². The predicted molar refractivity (Wildman–Crippen MR) is 75.5 cm³/mol. The molecule has 0 bridgehead atoms. The summed E-state index contributed by atoms with van der Waals surface area (Å²) in [5, 5.41) is 2.92. The van der Waals surface area contributed by atoms with E-state index in [1.54, 1.807) is 6.92 Å². The molecule has 0 aliphatic carbocycles. The third-order valence-electron chi connectivity index (χ3n) is 2.90. The van der Waals surface area contributed by atoms with E-state index < -0.39 is 44.7 Å². The fraction of sp³-hybridized carbons (Fsp3) is 0.0714. The minimum atomic E-state index is -4.28. The Morgan fingerprint density at radius 1 is 0.880 bits per heavy atom. The zero-order valence-electron chi connectivity index (χ0n) is 12.9. The van der Waals surface area contributed by atoms with Crippen LogP contribution in [-0.2, 0) is 10.0 Å². The molecule has 0 saturated heterocycles. The molecule has 0 heterocycles. The van der Waals surface area contributed by atoms with Crippen LogP contribution < -0.4 is 29.6 Å². The van der Waals surface area contributed by atoms with Crippen molar-refractivity contribution in [3.05, 3.63) is 69.3 Å². The molecule has 0 atom stereocenters. The van der Waals surface area contributed by atoms with E-state index in [1.807, 2.05) is 0 Å². The first kappa shape index (κ1) is 21.6. The van der Waals surface area contributed by atoms with Crippen molar-refractivity contribution in [3.8, 4) is 0 Å². The molecule has 0 N–H and O–H groups in total. The summed E-state index contributed by atoms with van der Waals surface area (Å²) in [5.74, 6) is -10.9. The van der Waals surface area contributed by atoms with Gasteiger partial charge >= 0.3 is 29.6 Å². The Hall–Kier alpha value is -1.49. The number of halogens is 5. The molecule has 0 radical (unpaired) electrons. The van der Waals surface area contributed by atoms with Gasteiger partial charge in [-0.05, 0) is 19.1 Å². The Kier molecular flexibility index (Phi) is 7.12. The summed E-state index contributed by atoms with van der Waals surface area (Å²) in [4.78, 5) is 2.64. The van der Waals surface area contributed by atoms with Crippen LogP contribution in [0, 0.1) is 36.0 Å². The standard InChI is InChI=1S/C14H8F5N2O2S.Na/c1-7-2-4-8(5-3-7)24(22,23)21-20-6-9-10(15)12(17)14(19)13(18)11(9)16;/h2-6H,1H3;/q-1;+1/b20-6+;. The zero-order valence-corrected chi connectivity index (χ0v) is 15.7. The summed E-state index contributed by atoms with van der Waals surface area (Å²) >= 11 is 0. The third-order valence-corrected chi connectivity index (χ3v) is 4.08. The summed E-state index contributed by atoms with van der Waals surface area (Å²) in [6, 6.07) is 5.41. The van der Waals surface area contributed by atoms with Crippen molar-refractivity contribution in [3.63, 3.8) is 0 Å². The van der Waals surface area contributed by atoms with Crippen molar-refractivity contribution >= 4 is 16.2 Å². The molecule has 0 saturated carbocycles. The Morgan fingerprint density at radius 2 is 1.32 bits per heavy atom. The summed E-state index contributed by atoms with van der Waals surface area (Å²) in [6.07, 6.45) is 0.141. The fourth-order valence-electron chi connectivity index (χ4n) is 1.64. The number of sulfonamides is 1. The molecule has 2 aromatic carbocycles. The first-order valence-corrected chi connectivity index (χ1v) is 7.67. The number of rotatable bonds is 4. The monoisotopic (exact) mass is 386 g/mol. The van der Waals surface area contributed by atoms with Gasteiger partial charge in [-0.1, -0.05) is 17.7 Å². The van der Waals surface area contributed by atoms with Gasteiger partial charge < -0.3 is 9.93 Å². The minimum Gasteiger partial charge on any atom is -0.491 e. The van der Waals surface area contributed by atoms with Gasteiger partial charge in [0, 0.05) is 6.21 Å². The molecule has 2 aromatic rings. The fourth-order valence-corrected chi connectivity index (χ4v) is 2.38. The molecule has 0 amide bonds. The average Bonchev–Trinajstić information content (AvgIpc) is 2.54. The van der Waals surface area contributed by atoms with Crippen LogP contribution in [0.25, 0.3) is 4.83 Å². The van der Waals surface area contributed by atoms with E-state index >= 15 is 0 Å². The van der Waals surface area contributed by atoms with Crippen LogP contribution in [0.15, 0.2) is 34.3 Å². The molecule has 4 nitrogen and oxygen atoms in total. The SMILES string of the molecule is Cc1ccc(S(=O)(=O)[N-]/N=C/c2c(F)c(F)c(F)c(F)c2F)cc1.[Na+]. The second-order valence-corrected chi connectivity index (χ2v) is 6.18. The molecule has 0 spiro atoms. The van der Waals surface area contributed by atoms with Crippen molar-refractivity contribution in [2.24, 2.45) is 5.10 Å². The van der Waals surface area contributed by atoms with Crippen molar-refractivity contribution in [2.45, 2.75) is 11.8 Å². The van der Waals surface area contributed by atoms with E-state index in [4.69, 9.17) is 0 Å². The summed E-state index contributed by atoms with van der Waals surface area (Å²) in [7, 11) is -4.28. The molecular formula is C14H8F5N2NaO2S. The maximum absolute atomic E-state index is 13.4. The van der Waals surface area contributed by atoms with E-state index in [9.17, 15) is 30.4 Å². The predicted octanol–water partition coefficient (Wildman–Crippen LogP) is 0.791. The van der Waals surface area contributed by atoms with E-state index in [-0.39, 0.29) is 40.7 Å². The number of aryl methyl sites for hydroxylation is 1. The zero-order chi connectivity index (χ0) is 18.1. The Morgan fingerprint density at radius 3 is 1.80 bits per heavy atom. The van der Waals surface area contributed by atoms with Gasteiger partial charge in [0.25, 0.3) is 0 Å². The second kappa shape index (κ2) is 8.26. The van der Waals surface area contributed by atoms with Gasteiger partial charge in [-0.3, -0.25) is 0 Å². The normalized spacial score (nSPS) is 11.4. The van der Waals surface area contributed by atoms with Crippen LogP contribution in [0.4, 0.5) is 22.0 Å². The van der Waals surface area contributed by atoms with Gasteiger partial charge in [-0.2, -0.15) is 0 Å².